The van der Waals surface area contributed by atoms with Gasteiger partial charge in [-0.1, -0.05) is 17.8 Å². The fourth-order valence-electron chi connectivity index (χ4n) is 2.55. The Hall–Kier alpha value is -2.67. The van der Waals surface area contributed by atoms with Crippen molar-refractivity contribution in [2.75, 3.05) is 0 Å². The number of aromatic nitrogens is 3. The largest absolute Gasteiger partial charge is 0.469 e. The molecule has 0 unspecified atom stereocenters. The summed E-state index contributed by atoms with van der Waals surface area (Å²) < 4.78 is 20.3. The highest BCUT2D eigenvalue weighted by atomic mass is 32.2. The Labute approximate surface area is 154 Å². The lowest BCUT2D eigenvalue weighted by Crippen LogP contribution is -2.15. The summed E-state index contributed by atoms with van der Waals surface area (Å²) >= 11 is 1.31. The van der Waals surface area contributed by atoms with Gasteiger partial charge in [0.25, 0.3) is 0 Å². The maximum Gasteiger partial charge on any atom is 0.192 e. The fourth-order valence-corrected chi connectivity index (χ4v) is 3.48. The normalized spacial score (nSPS) is 12.1. The first kappa shape index (κ1) is 18.1. The third-order valence-corrected chi connectivity index (χ3v) is 4.99. The van der Waals surface area contributed by atoms with Crippen LogP contribution in [0.15, 0.2) is 58.8 Å². The topological polar surface area (TPSA) is 60.9 Å². The molecule has 26 heavy (non-hydrogen) atoms. The first-order chi connectivity index (χ1) is 12.5. The molecule has 0 aliphatic rings. The number of aryl methyl sites for hydroxylation is 1. The molecule has 5 nitrogen and oxygen atoms in total. The maximum absolute atomic E-state index is 13.1. The number of hydrogen-bond acceptors (Lipinski definition) is 5. The number of ketones is 1. The van der Waals surface area contributed by atoms with E-state index in [-0.39, 0.29) is 11.6 Å². The lowest BCUT2D eigenvalue weighted by atomic mass is 10.1. The molecule has 2 aromatic heterocycles. The summed E-state index contributed by atoms with van der Waals surface area (Å²) in [6.07, 6.45) is 3.35. The quantitative estimate of drug-likeness (QED) is 0.347. The van der Waals surface area contributed by atoms with Crippen LogP contribution in [0.1, 0.15) is 23.0 Å². The predicted octanol–water partition coefficient (Wildman–Crippen LogP) is 4.54. The van der Waals surface area contributed by atoms with E-state index in [1.54, 1.807) is 19.3 Å². The van der Waals surface area contributed by atoms with Crippen LogP contribution in [0, 0.1) is 12.7 Å². The minimum Gasteiger partial charge on any atom is -0.469 e. The number of Topliss-reactive ketones (excluding diaryl/α,β-unsaturated/α-hetero) is 1. The first-order valence-electron chi connectivity index (χ1n) is 8.06. The number of hydrogen-bond donors (Lipinski definition) is 0. The monoisotopic (exact) mass is 371 g/mol. The van der Waals surface area contributed by atoms with E-state index in [1.807, 2.05) is 17.6 Å². The molecule has 0 saturated heterocycles. The molecule has 0 aliphatic heterocycles. The third-order valence-electron chi connectivity index (χ3n) is 3.91. The molecule has 0 aliphatic carbocycles. The lowest BCUT2D eigenvalue weighted by Gasteiger charge is -2.11. The summed E-state index contributed by atoms with van der Waals surface area (Å²) in [5.41, 5.74) is 1.32. The molecule has 1 atom stereocenters. The van der Waals surface area contributed by atoms with E-state index in [2.05, 4.69) is 16.8 Å². The second-order valence-corrected chi connectivity index (χ2v) is 7.04. The number of furan rings is 1. The van der Waals surface area contributed by atoms with Crippen LogP contribution >= 0.6 is 11.8 Å². The molecule has 7 heteroatoms. The van der Waals surface area contributed by atoms with Crippen LogP contribution in [0.25, 0.3) is 11.4 Å². The number of rotatable bonds is 7. The van der Waals surface area contributed by atoms with Crippen molar-refractivity contribution >= 4 is 17.5 Å². The molecule has 0 saturated carbocycles. The molecule has 0 amide bonds. The summed E-state index contributed by atoms with van der Waals surface area (Å²) in [6.45, 7) is 7.94. The summed E-state index contributed by atoms with van der Waals surface area (Å²) in [4.78, 5) is 12.6. The van der Waals surface area contributed by atoms with Gasteiger partial charge in [0, 0.05) is 12.1 Å². The highest BCUT2D eigenvalue weighted by Crippen LogP contribution is 2.30. The Morgan fingerprint density at radius 2 is 2.08 bits per heavy atom. The average Bonchev–Trinajstić information content (AvgIpc) is 3.21. The Morgan fingerprint density at radius 3 is 2.69 bits per heavy atom. The van der Waals surface area contributed by atoms with E-state index >= 15 is 0 Å². The molecule has 0 spiro atoms. The summed E-state index contributed by atoms with van der Waals surface area (Å²) in [5.74, 6) is 0.951. The Morgan fingerprint density at radius 1 is 1.35 bits per heavy atom. The number of thioether (sulfide) groups is 1. The number of benzene rings is 1. The second-order valence-electron chi connectivity index (χ2n) is 5.73. The van der Waals surface area contributed by atoms with Crippen LogP contribution in [0.2, 0.25) is 0 Å². The Balaban J connectivity index is 1.86. The number of allylic oxidation sites excluding steroid dienone is 1. The second kappa shape index (κ2) is 7.70. The van der Waals surface area contributed by atoms with E-state index in [4.69, 9.17) is 4.42 Å². The van der Waals surface area contributed by atoms with E-state index < -0.39 is 5.25 Å². The standard InChI is InChI=1S/C19H18FN3O2S/c1-4-10-23-18(16-9-11-25-12(16)2)21-22-19(23)26-13(3)17(24)14-5-7-15(20)8-6-14/h4-9,11,13H,1,10H2,2-3H3/t13-/m1/s1. The zero-order chi connectivity index (χ0) is 18.7. The van der Waals surface area contributed by atoms with Gasteiger partial charge in [0.2, 0.25) is 0 Å². The van der Waals surface area contributed by atoms with Crippen molar-refractivity contribution in [1.29, 1.82) is 0 Å². The van der Waals surface area contributed by atoms with Gasteiger partial charge in [-0.3, -0.25) is 9.36 Å². The number of carbonyl (C=O) groups excluding carboxylic acids is 1. The molecule has 0 fully saturated rings. The van der Waals surface area contributed by atoms with Crippen molar-refractivity contribution in [2.24, 2.45) is 0 Å². The van der Waals surface area contributed by atoms with Gasteiger partial charge >= 0.3 is 0 Å². The van der Waals surface area contributed by atoms with Gasteiger partial charge < -0.3 is 4.42 Å². The van der Waals surface area contributed by atoms with Gasteiger partial charge in [0.15, 0.2) is 16.8 Å². The highest BCUT2D eigenvalue weighted by molar-refractivity contribution is 8.00. The van der Waals surface area contributed by atoms with E-state index in [9.17, 15) is 9.18 Å². The smallest absolute Gasteiger partial charge is 0.192 e. The molecule has 0 bridgehead atoms. The lowest BCUT2D eigenvalue weighted by molar-refractivity contribution is 0.0994. The van der Waals surface area contributed by atoms with Gasteiger partial charge in [0.1, 0.15) is 11.6 Å². The average molecular weight is 371 g/mol. The summed E-state index contributed by atoms with van der Waals surface area (Å²) in [5, 5.41) is 8.71. The van der Waals surface area contributed by atoms with Crippen LogP contribution in [0.4, 0.5) is 4.39 Å². The molecule has 0 N–H and O–H groups in total. The molecule has 3 aromatic rings. The number of nitrogens with zero attached hydrogens (tertiary/aromatic N) is 3. The van der Waals surface area contributed by atoms with E-state index in [1.165, 1.54) is 36.0 Å². The molecule has 134 valence electrons. The van der Waals surface area contributed by atoms with E-state index in [0.717, 1.165) is 11.3 Å². The molecular formula is C19H18FN3O2S. The van der Waals surface area contributed by atoms with Gasteiger partial charge in [0.05, 0.1) is 17.1 Å². The zero-order valence-electron chi connectivity index (χ0n) is 14.5. The maximum atomic E-state index is 13.1. The van der Waals surface area contributed by atoms with Crippen LogP contribution < -0.4 is 0 Å². The molecule has 1 aromatic carbocycles. The van der Waals surface area contributed by atoms with Gasteiger partial charge in [-0.15, -0.1) is 16.8 Å². The number of carbonyl (C=O) groups is 1. The van der Waals surface area contributed by atoms with Gasteiger partial charge in [-0.05, 0) is 44.2 Å². The fraction of sp³-hybridized carbons (Fsp3) is 0.211. The van der Waals surface area contributed by atoms with Crippen molar-refractivity contribution in [3.63, 3.8) is 0 Å². The Kier molecular flexibility index (Phi) is 5.37. The van der Waals surface area contributed by atoms with Crippen molar-refractivity contribution in [1.82, 2.24) is 14.8 Å². The predicted molar refractivity (Wildman–Crippen MR) is 98.7 cm³/mol. The van der Waals surface area contributed by atoms with Crippen molar-refractivity contribution in [3.05, 3.63) is 66.4 Å². The van der Waals surface area contributed by atoms with Gasteiger partial charge in [-0.2, -0.15) is 0 Å². The molecule has 3 rings (SSSR count). The van der Waals surface area contributed by atoms with Gasteiger partial charge in [-0.25, -0.2) is 4.39 Å². The first-order valence-corrected chi connectivity index (χ1v) is 8.94. The zero-order valence-corrected chi connectivity index (χ0v) is 15.3. The molecule has 2 heterocycles. The van der Waals surface area contributed by atoms with Crippen molar-refractivity contribution in [2.45, 2.75) is 30.8 Å². The minimum absolute atomic E-state index is 0.0933. The molecular weight excluding hydrogens is 353 g/mol. The van der Waals surface area contributed by atoms with Crippen LogP contribution in [0.5, 0.6) is 0 Å². The van der Waals surface area contributed by atoms with Crippen LogP contribution in [-0.2, 0) is 6.54 Å². The van der Waals surface area contributed by atoms with E-state index in [0.29, 0.717) is 23.1 Å². The van der Waals surface area contributed by atoms with Crippen LogP contribution in [0.3, 0.4) is 0 Å². The summed E-state index contributed by atoms with van der Waals surface area (Å²) in [7, 11) is 0. The SMILES string of the molecule is C=CCn1c(S[C@H](C)C(=O)c2ccc(F)cc2)nnc1-c1ccoc1C. The molecule has 0 radical (unpaired) electrons. The highest BCUT2D eigenvalue weighted by Gasteiger charge is 2.22. The third kappa shape index (κ3) is 3.62. The van der Waals surface area contributed by atoms with Crippen molar-refractivity contribution < 1.29 is 13.6 Å². The van der Waals surface area contributed by atoms with Crippen molar-refractivity contribution in [3.8, 4) is 11.4 Å². The summed E-state index contributed by atoms with van der Waals surface area (Å²) in [6, 6.07) is 7.38. The Bertz CT molecular complexity index is 931. The minimum atomic E-state index is -0.397. The number of halogens is 1. The van der Waals surface area contributed by atoms with Crippen LogP contribution in [-0.4, -0.2) is 25.8 Å².